The smallest absolute Gasteiger partial charge is 0.232 e. The number of fused-ring (bicyclic) bond motifs is 1. The van der Waals surface area contributed by atoms with Crippen LogP contribution in [0.15, 0.2) is 24.3 Å². The molecule has 3 N–H and O–H groups in total. The lowest BCUT2D eigenvalue weighted by Crippen LogP contribution is -2.58. The summed E-state index contributed by atoms with van der Waals surface area (Å²) in [4.78, 5) is 0. The van der Waals surface area contributed by atoms with E-state index in [0.29, 0.717) is 11.5 Å². The maximum absolute atomic E-state index is 10.9. The summed E-state index contributed by atoms with van der Waals surface area (Å²) in [7, 11) is 1.57. The van der Waals surface area contributed by atoms with Gasteiger partial charge in [0, 0.05) is 5.41 Å². The molecule has 3 rings (SSSR count). The highest BCUT2D eigenvalue weighted by atomic mass is 16.7. The Hall–Kier alpha value is -1.34. The van der Waals surface area contributed by atoms with Gasteiger partial charge in [0.05, 0.1) is 13.2 Å². The van der Waals surface area contributed by atoms with Gasteiger partial charge >= 0.3 is 0 Å². The second-order valence-corrected chi connectivity index (χ2v) is 6.57. The van der Waals surface area contributed by atoms with Crippen LogP contribution in [0.1, 0.15) is 20.8 Å². The van der Waals surface area contributed by atoms with E-state index in [2.05, 4.69) is 0 Å². The molecule has 0 aromatic heterocycles. The fourth-order valence-electron chi connectivity index (χ4n) is 3.56. The number of hydrogen-bond acceptors (Lipinski definition) is 6. The van der Waals surface area contributed by atoms with Gasteiger partial charge in [0.25, 0.3) is 0 Å². The zero-order valence-corrected chi connectivity index (χ0v) is 13.1. The van der Waals surface area contributed by atoms with E-state index >= 15 is 0 Å². The molecule has 0 bridgehead atoms. The van der Waals surface area contributed by atoms with Gasteiger partial charge in [0.2, 0.25) is 6.29 Å². The SMILES string of the molecule is COc1ccc(O[C@@H]2O[C@@H](C)[C@H](O)[C@]3(O)C(C)(C)[C@]23O)cc1. The van der Waals surface area contributed by atoms with Crippen molar-refractivity contribution >= 4 is 0 Å². The molecule has 22 heavy (non-hydrogen) atoms. The number of ether oxygens (including phenoxy) is 3. The molecule has 5 atom stereocenters. The van der Waals surface area contributed by atoms with Crippen LogP contribution in [0.4, 0.5) is 0 Å². The van der Waals surface area contributed by atoms with E-state index in [1.54, 1.807) is 52.1 Å². The highest BCUT2D eigenvalue weighted by Crippen LogP contribution is 2.70. The number of methoxy groups -OCH3 is 1. The van der Waals surface area contributed by atoms with Crippen molar-refractivity contribution in [1.29, 1.82) is 0 Å². The van der Waals surface area contributed by atoms with Gasteiger partial charge in [-0.15, -0.1) is 0 Å². The van der Waals surface area contributed by atoms with Gasteiger partial charge < -0.3 is 29.5 Å². The lowest BCUT2D eigenvalue weighted by Gasteiger charge is -2.38. The highest BCUT2D eigenvalue weighted by molar-refractivity contribution is 5.39. The van der Waals surface area contributed by atoms with Crippen molar-refractivity contribution in [2.24, 2.45) is 5.41 Å². The van der Waals surface area contributed by atoms with Crippen LogP contribution in [0.5, 0.6) is 11.5 Å². The molecule has 1 saturated carbocycles. The van der Waals surface area contributed by atoms with Crippen LogP contribution in [-0.2, 0) is 4.74 Å². The lowest BCUT2D eigenvalue weighted by molar-refractivity contribution is -0.269. The summed E-state index contributed by atoms with van der Waals surface area (Å²) in [5.74, 6) is 1.16. The van der Waals surface area contributed by atoms with E-state index in [9.17, 15) is 15.3 Å². The van der Waals surface area contributed by atoms with E-state index in [4.69, 9.17) is 14.2 Å². The quantitative estimate of drug-likeness (QED) is 0.761. The topological polar surface area (TPSA) is 88.4 Å². The summed E-state index contributed by atoms with van der Waals surface area (Å²) in [5.41, 5.74) is -4.28. The molecule has 1 aromatic rings. The average molecular weight is 310 g/mol. The van der Waals surface area contributed by atoms with Gasteiger partial charge in [-0.25, -0.2) is 0 Å². The average Bonchev–Trinajstić information content (AvgIpc) is 2.87. The monoisotopic (exact) mass is 310 g/mol. The maximum Gasteiger partial charge on any atom is 0.232 e. The fourth-order valence-corrected chi connectivity index (χ4v) is 3.56. The molecule has 0 unspecified atom stereocenters. The van der Waals surface area contributed by atoms with Crippen molar-refractivity contribution in [2.45, 2.75) is 50.5 Å². The van der Waals surface area contributed by atoms with Crippen LogP contribution in [0.25, 0.3) is 0 Å². The highest BCUT2D eigenvalue weighted by Gasteiger charge is 2.91. The minimum absolute atomic E-state index is 0.480. The van der Waals surface area contributed by atoms with E-state index in [-0.39, 0.29) is 0 Å². The molecule has 6 nitrogen and oxygen atoms in total. The Morgan fingerprint density at radius 2 is 1.59 bits per heavy atom. The van der Waals surface area contributed by atoms with Crippen LogP contribution in [0.2, 0.25) is 0 Å². The third kappa shape index (κ3) is 1.64. The molecule has 1 saturated heterocycles. The van der Waals surface area contributed by atoms with Crippen LogP contribution in [0.3, 0.4) is 0 Å². The largest absolute Gasteiger partial charge is 0.497 e. The molecule has 2 aliphatic rings. The summed E-state index contributed by atoms with van der Waals surface area (Å²) >= 11 is 0. The van der Waals surface area contributed by atoms with Gasteiger partial charge in [0.15, 0.2) is 5.60 Å². The molecule has 2 fully saturated rings. The second-order valence-electron chi connectivity index (χ2n) is 6.57. The first-order chi connectivity index (χ1) is 10.2. The minimum Gasteiger partial charge on any atom is -0.497 e. The van der Waals surface area contributed by atoms with E-state index < -0.39 is 35.1 Å². The van der Waals surface area contributed by atoms with Gasteiger partial charge in [-0.3, -0.25) is 0 Å². The fraction of sp³-hybridized carbons (Fsp3) is 0.625. The number of hydrogen-bond donors (Lipinski definition) is 3. The normalized spacial score (nSPS) is 42.4. The Morgan fingerprint density at radius 1 is 1.05 bits per heavy atom. The van der Waals surface area contributed by atoms with Gasteiger partial charge in [-0.2, -0.15) is 0 Å². The Bertz CT molecular complexity index is 571. The Kier molecular flexibility index (Phi) is 3.24. The predicted molar refractivity (Wildman–Crippen MR) is 77.6 cm³/mol. The van der Waals surface area contributed by atoms with Crippen molar-refractivity contribution in [2.75, 3.05) is 7.11 Å². The third-order valence-electron chi connectivity index (χ3n) is 5.28. The predicted octanol–water partition coefficient (Wildman–Crippen LogP) is 0.682. The van der Waals surface area contributed by atoms with Gasteiger partial charge in [-0.05, 0) is 31.2 Å². The first-order valence-electron chi connectivity index (χ1n) is 7.29. The Labute approximate surface area is 129 Å². The van der Waals surface area contributed by atoms with Crippen LogP contribution < -0.4 is 9.47 Å². The Balaban J connectivity index is 1.87. The zero-order valence-electron chi connectivity index (χ0n) is 13.1. The lowest BCUT2D eigenvalue weighted by atomic mass is 9.98. The molecule has 1 heterocycles. The molecule has 0 radical (unpaired) electrons. The molecule has 1 aliphatic heterocycles. The minimum atomic E-state index is -1.67. The molecular formula is C16H22O6. The molecular weight excluding hydrogens is 288 g/mol. The molecule has 0 amide bonds. The number of benzene rings is 1. The van der Waals surface area contributed by atoms with Crippen molar-refractivity contribution in [3.8, 4) is 11.5 Å². The summed E-state index contributed by atoms with van der Waals surface area (Å²) in [6, 6.07) is 6.83. The number of rotatable bonds is 3. The summed E-state index contributed by atoms with van der Waals surface area (Å²) < 4.78 is 16.4. The van der Waals surface area contributed by atoms with E-state index in [1.165, 1.54) is 0 Å². The van der Waals surface area contributed by atoms with Gasteiger partial charge in [-0.1, -0.05) is 13.8 Å². The van der Waals surface area contributed by atoms with Crippen LogP contribution in [0, 0.1) is 5.41 Å². The van der Waals surface area contributed by atoms with Crippen molar-refractivity contribution in [1.82, 2.24) is 0 Å². The van der Waals surface area contributed by atoms with E-state index in [1.807, 2.05) is 0 Å². The Morgan fingerprint density at radius 3 is 2.14 bits per heavy atom. The first-order valence-corrected chi connectivity index (χ1v) is 7.29. The van der Waals surface area contributed by atoms with Crippen molar-refractivity contribution in [3.05, 3.63) is 24.3 Å². The summed E-state index contributed by atoms with van der Waals surface area (Å²) in [6.07, 6.45) is -2.90. The van der Waals surface area contributed by atoms with Crippen LogP contribution >= 0.6 is 0 Å². The summed E-state index contributed by atoms with van der Waals surface area (Å²) in [6.45, 7) is 5.00. The standard InChI is InChI=1S/C16H22O6/c1-9-12(17)15(18)14(2,3)16(15,19)13(21-9)22-11-7-5-10(20-4)6-8-11/h5-9,12-13,17-19H,1-4H3/t9-,12-,13-,15-,16+/m0/s1. The summed E-state index contributed by atoms with van der Waals surface area (Å²) in [5, 5.41) is 31.8. The van der Waals surface area contributed by atoms with Crippen LogP contribution in [-0.4, -0.2) is 52.1 Å². The van der Waals surface area contributed by atoms with E-state index in [0.717, 1.165) is 0 Å². The zero-order chi connectivity index (χ0) is 16.3. The number of aliphatic hydroxyl groups is 3. The molecule has 1 aliphatic carbocycles. The molecule has 122 valence electrons. The van der Waals surface area contributed by atoms with Crippen molar-refractivity contribution in [3.63, 3.8) is 0 Å². The molecule has 6 heteroatoms. The second kappa shape index (κ2) is 4.58. The third-order valence-corrected chi connectivity index (χ3v) is 5.28. The number of aliphatic hydroxyl groups excluding tert-OH is 1. The molecule has 1 aromatic carbocycles. The van der Waals surface area contributed by atoms with Gasteiger partial charge in [0.1, 0.15) is 23.2 Å². The first kappa shape index (κ1) is 15.6. The van der Waals surface area contributed by atoms with Crippen molar-refractivity contribution < 1.29 is 29.5 Å². The maximum atomic E-state index is 10.9. The molecule has 0 spiro atoms.